The van der Waals surface area contributed by atoms with Gasteiger partial charge in [-0.25, -0.2) is 0 Å². The minimum absolute atomic E-state index is 0.0824. The first-order valence-electron chi connectivity index (χ1n) is 9.26. The van der Waals surface area contributed by atoms with Crippen LogP contribution in [0.3, 0.4) is 0 Å². The lowest BCUT2D eigenvalue weighted by Gasteiger charge is -2.35. The summed E-state index contributed by atoms with van der Waals surface area (Å²) in [5.74, 6) is 0.800. The van der Waals surface area contributed by atoms with E-state index in [1.807, 2.05) is 18.7 Å². The van der Waals surface area contributed by atoms with Gasteiger partial charge in [-0.05, 0) is 59.4 Å². The number of hydrogen-bond acceptors (Lipinski definition) is 3. The molecule has 1 saturated heterocycles. The van der Waals surface area contributed by atoms with Gasteiger partial charge in [0.05, 0.1) is 0 Å². The number of rotatable bonds is 9. The van der Waals surface area contributed by atoms with Gasteiger partial charge in [-0.2, -0.15) is 0 Å². The van der Waals surface area contributed by atoms with E-state index in [2.05, 4.69) is 24.1 Å². The molecular weight excluding hydrogens is 290 g/mol. The maximum Gasteiger partial charge on any atom is 0.222 e. The molecule has 0 aliphatic carbocycles. The normalized spacial score (nSPS) is 18.9. The van der Waals surface area contributed by atoms with E-state index >= 15 is 0 Å². The van der Waals surface area contributed by atoms with Gasteiger partial charge in [-0.1, -0.05) is 0 Å². The maximum atomic E-state index is 11.9. The summed E-state index contributed by atoms with van der Waals surface area (Å²) in [4.78, 5) is 28.1. The summed E-state index contributed by atoms with van der Waals surface area (Å²) >= 11 is 0. The molecule has 0 aromatic carbocycles. The molecule has 23 heavy (non-hydrogen) atoms. The van der Waals surface area contributed by atoms with Crippen LogP contribution in [0.25, 0.3) is 0 Å². The summed E-state index contributed by atoms with van der Waals surface area (Å²) in [6, 6.07) is 0.583. The van der Waals surface area contributed by atoms with Crippen LogP contribution >= 0.6 is 0 Å². The minimum Gasteiger partial charge on any atom is -0.356 e. The highest BCUT2D eigenvalue weighted by Gasteiger charge is 2.21. The monoisotopic (exact) mass is 325 g/mol. The Morgan fingerprint density at radius 3 is 2.52 bits per heavy atom. The molecule has 1 aliphatic rings. The van der Waals surface area contributed by atoms with Crippen LogP contribution in [0.4, 0.5) is 0 Å². The van der Waals surface area contributed by atoms with Gasteiger partial charge in [-0.15, -0.1) is 0 Å². The lowest BCUT2D eigenvalue weighted by atomic mass is 9.97. The van der Waals surface area contributed by atoms with E-state index in [0.717, 1.165) is 26.2 Å². The molecule has 1 unspecified atom stereocenters. The highest BCUT2D eigenvalue weighted by Crippen LogP contribution is 2.17. The van der Waals surface area contributed by atoms with Crippen molar-refractivity contribution in [1.82, 2.24) is 15.1 Å². The standard InChI is InChI=1S/C18H35N3O2/c1-5-20(6-2)18(23)11-7-10-17(22)19-13-16-9-8-12-21(14-16)15(3)4/h15-16H,5-14H2,1-4H3,(H,19,22). The van der Waals surface area contributed by atoms with E-state index in [-0.39, 0.29) is 11.8 Å². The van der Waals surface area contributed by atoms with Gasteiger partial charge in [0.1, 0.15) is 0 Å². The summed E-state index contributed by atoms with van der Waals surface area (Å²) in [5.41, 5.74) is 0. The second-order valence-electron chi connectivity index (χ2n) is 6.82. The Balaban J connectivity index is 2.18. The van der Waals surface area contributed by atoms with E-state index in [1.54, 1.807) is 0 Å². The topological polar surface area (TPSA) is 52.7 Å². The third-order valence-electron chi connectivity index (χ3n) is 4.78. The van der Waals surface area contributed by atoms with Crippen molar-refractivity contribution in [2.24, 2.45) is 5.92 Å². The second-order valence-corrected chi connectivity index (χ2v) is 6.82. The molecule has 0 aromatic rings. The highest BCUT2D eigenvalue weighted by atomic mass is 16.2. The Morgan fingerprint density at radius 1 is 1.22 bits per heavy atom. The Bertz CT molecular complexity index is 367. The third kappa shape index (κ3) is 7.34. The Morgan fingerprint density at radius 2 is 1.91 bits per heavy atom. The van der Waals surface area contributed by atoms with Gasteiger partial charge in [0, 0.05) is 45.1 Å². The molecule has 1 heterocycles. The van der Waals surface area contributed by atoms with Crippen molar-refractivity contribution in [2.75, 3.05) is 32.7 Å². The summed E-state index contributed by atoms with van der Waals surface area (Å²) in [5, 5.41) is 3.05. The predicted octanol–water partition coefficient (Wildman–Crippen LogP) is 2.26. The Labute approximate surface area is 141 Å². The van der Waals surface area contributed by atoms with Gasteiger partial charge in [-0.3, -0.25) is 9.59 Å². The average Bonchev–Trinajstić information content (AvgIpc) is 2.54. The molecule has 1 fully saturated rings. The fourth-order valence-corrected chi connectivity index (χ4v) is 3.21. The molecule has 1 N–H and O–H groups in total. The number of carbonyl (C=O) groups is 2. The van der Waals surface area contributed by atoms with Crippen LogP contribution in [-0.4, -0.2) is 60.4 Å². The molecule has 0 bridgehead atoms. The summed E-state index contributed by atoms with van der Waals surface area (Å²) in [6.45, 7) is 12.9. The molecule has 5 heteroatoms. The number of likely N-dealkylation sites (tertiary alicyclic amines) is 1. The van der Waals surface area contributed by atoms with Crippen LogP contribution < -0.4 is 5.32 Å². The minimum atomic E-state index is 0.0824. The highest BCUT2D eigenvalue weighted by molar-refractivity contribution is 5.78. The van der Waals surface area contributed by atoms with Gasteiger partial charge in [0.25, 0.3) is 0 Å². The largest absolute Gasteiger partial charge is 0.356 e. The van der Waals surface area contributed by atoms with Gasteiger partial charge in [0.2, 0.25) is 11.8 Å². The zero-order valence-corrected chi connectivity index (χ0v) is 15.4. The first kappa shape index (κ1) is 19.9. The SMILES string of the molecule is CCN(CC)C(=O)CCCC(=O)NCC1CCCN(C(C)C)C1. The molecule has 2 amide bonds. The molecule has 1 rings (SSSR count). The van der Waals surface area contributed by atoms with Crippen molar-refractivity contribution in [3.63, 3.8) is 0 Å². The lowest BCUT2D eigenvalue weighted by Crippen LogP contribution is -2.43. The summed E-state index contributed by atoms with van der Waals surface area (Å²) < 4.78 is 0. The van der Waals surface area contributed by atoms with Crippen LogP contribution in [0, 0.1) is 5.92 Å². The van der Waals surface area contributed by atoms with Crippen LogP contribution in [-0.2, 0) is 9.59 Å². The van der Waals surface area contributed by atoms with E-state index in [1.165, 1.54) is 19.4 Å². The molecule has 1 atom stereocenters. The fourth-order valence-electron chi connectivity index (χ4n) is 3.21. The third-order valence-corrected chi connectivity index (χ3v) is 4.78. The number of amides is 2. The van der Waals surface area contributed by atoms with Crippen molar-refractivity contribution < 1.29 is 9.59 Å². The number of hydrogen-bond donors (Lipinski definition) is 1. The van der Waals surface area contributed by atoms with E-state index in [9.17, 15) is 9.59 Å². The average molecular weight is 325 g/mol. The zero-order valence-electron chi connectivity index (χ0n) is 15.4. The second kappa shape index (κ2) is 10.6. The summed E-state index contributed by atoms with van der Waals surface area (Å²) in [6.07, 6.45) is 3.98. The molecule has 0 radical (unpaired) electrons. The number of nitrogens with zero attached hydrogens (tertiary/aromatic N) is 2. The van der Waals surface area contributed by atoms with Crippen LogP contribution in [0.2, 0.25) is 0 Å². The summed E-state index contributed by atoms with van der Waals surface area (Å²) in [7, 11) is 0. The maximum absolute atomic E-state index is 11.9. The smallest absolute Gasteiger partial charge is 0.222 e. The van der Waals surface area contributed by atoms with Crippen LogP contribution in [0.5, 0.6) is 0 Å². The molecular formula is C18H35N3O2. The molecule has 134 valence electrons. The number of carbonyl (C=O) groups excluding carboxylic acids is 2. The van der Waals surface area contributed by atoms with E-state index in [4.69, 9.17) is 0 Å². The first-order valence-corrected chi connectivity index (χ1v) is 9.26. The molecule has 5 nitrogen and oxygen atoms in total. The van der Waals surface area contributed by atoms with Crippen molar-refractivity contribution in [3.8, 4) is 0 Å². The van der Waals surface area contributed by atoms with Crippen LogP contribution in [0.1, 0.15) is 59.8 Å². The van der Waals surface area contributed by atoms with Gasteiger partial charge in [0.15, 0.2) is 0 Å². The van der Waals surface area contributed by atoms with E-state index in [0.29, 0.717) is 31.2 Å². The Hall–Kier alpha value is -1.10. The molecule has 0 spiro atoms. The van der Waals surface area contributed by atoms with Gasteiger partial charge < -0.3 is 15.1 Å². The first-order chi connectivity index (χ1) is 11.0. The van der Waals surface area contributed by atoms with Crippen molar-refractivity contribution >= 4 is 11.8 Å². The zero-order chi connectivity index (χ0) is 17.2. The number of piperidine rings is 1. The lowest BCUT2D eigenvalue weighted by molar-refractivity contribution is -0.131. The van der Waals surface area contributed by atoms with Crippen molar-refractivity contribution in [2.45, 2.75) is 65.8 Å². The molecule has 0 aromatic heterocycles. The van der Waals surface area contributed by atoms with E-state index < -0.39 is 0 Å². The predicted molar refractivity (Wildman–Crippen MR) is 94.2 cm³/mol. The molecule has 1 aliphatic heterocycles. The fraction of sp³-hybridized carbons (Fsp3) is 0.889. The Kier molecular flexibility index (Phi) is 9.22. The molecule has 0 saturated carbocycles. The van der Waals surface area contributed by atoms with Crippen LogP contribution in [0.15, 0.2) is 0 Å². The van der Waals surface area contributed by atoms with Crippen molar-refractivity contribution in [3.05, 3.63) is 0 Å². The van der Waals surface area contributed by atoms with Gasteiger partial charge >= 0.3 is 0 Å². The number of nitrogens with one attached hydrogen (secondary N) is 1. The quantitative estimate of drug-likeness (QED) is 0.707. The van der Waals surface area contributed by atoms with Crippen molar-refractivity contribution in [1.29, 1.82) is 0 Å².